The summed E-state index contributed by atoms with van der Waals surface area (Å²) in [4.78, 5) is 0. The largest absolute Gasteiger partial charge is 0.494 e. The van der Waals surface area contributed by atoms with Gasteiger partial charge in [-0.15, -0.1) is 0 Å². The molecular weight excluding hydrogens is 296 g/mol. The summed E-state index contributed by atoms with van der Waals surface area (Å²) in [6.45, 7) is 21.2. The van der Waals surface area contributed by atoms with E-state index in [0.717, 1.165) is 37.9 Å². The zero-order valence-corrected chi connectivity index (χ0v) is 15.8. The third-order valence-electron chi connectivity index (χ3n) is 5.21. The monoisotopic (exact) mass is 332 g/mol. The molecular formula is C22H36O2. The molecule has 0 amide bonds. The van der Waals surface area contributed by atoms with E-state index in [1.165, 1.54) is 32.1 Å². The molecule has 136 valence electrons. The predicted octanol–water partition coefficient (Wildman–Crippen LogP) is 6.42. The first-order valence-electron chi connectivity index (χ1n) is 9.33. The van der Waals surface area contributed by atoms with Crippen LogP contribution in [0, 0.1) is 17.3 Å². The van der Waals surface area contributed by atoms with E-state index in [1.54, 1.807) is 12.2 Å². The van der Waals surface area contributed by atoms with Crippen molar-refractivity contribution >= 4 is 0 Å². The first-order valence-corrected chi connectivity index (χ1v) is 9.33. The fourth-order valence-electron chi connectivity index (χ4n) is 4.33. The van der Waals surface area contributed by atoms with Crippen molar-refractivity contribution in [2.75, 3.05) is 13.2 Å². The van der Waals surface area contributed by atoms with Gasteiger partial charge in [0.15, 0.2) is 0 Å². The highest BCUT2D eigenvalue weighted by molar-refractivity contribution is 5.02. The third-order valence-corrected chi connectivity index (χ3v) is 5.21. The number of allylic oxidation sites excluding steroid dienone is 2. The Morgan fingerprint density at radius 2 is 1.67 bits per heavy atom. The Morgan fingerprint density at radius 3 is 2.25 bits per heavy atom. The highest BCUT2D eigenvalue weighted by atomic mass is 16.5. The van der Waals surface area contributed by atoms with Gasteiger partial charge < -0.3 is 9.47 Å². The lowest BCUT2D eigenvalue weighted by Crippen LogP contribution is -2.34. The molecule has 0 aromatic carbocycles. The first-order chi connectivity index (χ1) is 11.4. The smallest absolute Gasteiger partial charge is 0.111 e. The molecule has 1 rings (SSSR count). The van der Waals surface area contributed by atoms with Gasteiger partial charge in [-0.1, -0.05) is 46.6 Å². The Kier molecular flexibility index (Phi) is 8.95. The second kappa shape index (κ2) is 10.4. The molecule has 3 atom stereocenters. The second-order valence-electron chi connectivity index (χ2n) is 7.44. The van der Waals surface area contributed by atoms with Gasteiger partial charge in [0, 0.05) is 0 Å². The Morgan fingerprint density at radius 1 is 1.04 bits per heavy atom. The van der Waals surface area contributed by atoms with E-state index >= 15 is 0 Å². The summed E-state index contributed by atoms with van der Waals surface area (Å²) >= 11 is 0. The minimum absolute atomic E-state index is 0.397. The van der Waals surface area contributed by atoms with E-state index in [0.29, 0.717) is 16.9 Å². The van der Waals surface area contributed by atoms with Crippen LogP contribution in [0.2, 0.25) is 0 Å². The van der Waals surface area contributed by atoms with Crippen molar-refractivity contribution in [3.63, 3.8) is 0 Å². The standard InChI is InChI=1S/C22H36O2/c1-7-11-22(12-14-24-20(6)9-3)16-18(4)15-21(17-22)10-13-23-19(5)8-2/h8-9,18,21H,2-3,5-7,10-17H2,1,4H3. The summed E-state index contributed by atoms with van der Waals surface area (Å²) in [5.74, 6) is 2.84. The van der Waals surface area contributed by atoms with Crippen LogP contribution in [0.3, 0.4) is 0 Å². The van der Waals surface area contributed by atoms with Crippen molar-refractivity contribution in [3.05, 3.63) is 50.0 Å². The second-order valence-corrected chi connectivity index (χ2v) is 7.44. The highest BCUT2D eigenvalue weighted by Gasteiger charge is 2.38. The van der Waals surface area contributed by atoms with Gasteiger partial charge >= 0.3 is 0 Å². The summed E-state index contributed by atoms with van der Waals surface area (Å²) in [6.07, 6.45) is 12.0. The van der Waals surface area contributed by atoms with E-state index in [4.69, 9.17) is 9.47 Å². The van der Waals surface area contributed by atoms with Crippen LogP contribution in [-0.2, 0) is 9.47 Å². The topological polar surface area (TPSA) is 18.5 Å². The minimum atomic E-state index is 0.397. The van der Waals surface area contributed by atoms with Gasteiger partial charge in [0.05, 0.1) is 13.2 Å². The van der Waals surface area contributed by atoms with Crippen molar-refractivity contribution in [2.45, 2.75) is 58.8 Å². The summed E-state index contributed by atoms with van der Waals surface area (Å²) in [5, 5.41) is 0. The maximum atomic E-state index is 5.70. The quantitative estimate of drug-likeness (QED) is 0.303. The fourth-order valence-corrected chi connectivity index (χ4v) is 4.33. The third kappa shape index (κ3) is 6.98. The van der Waals surface area contributed by atoms with Crippen LogP contribution in [0.25, 0.3) is 0 Å². The number of hydrogen-bond acceptors (Lipinski definition) is 2. The Hall–Kier alpha value is -1.44. The van der Waals surface area contributed by atoms with Crippen LogP contribution >= 0.6 is 0 Å². The van der Waals surface area contributed by atoms with Gasteiger partial charge in [-0.25, -0.2) is 0 Å². The molecule has 2 heteroatoms. The van der Waals surface area contributed by atoms with E-state index in [-0.39, 0.29) is 0 Å². The molecule has 1 fully saturated rings. The van der Waals surface area contributed by atoms with Gasteiger partial charge in [0.25, 0.3) is 0 Å². The van der Waals surface area contributed by atoms with Crippen LogP contribution in [0.5, 0.6) is 0 Å². The SMILES string of the molecule is C=CC(=C)OCCC1CC(C)CC(CCC)(CCOC(=C)C=C)C1. The average Bonchev–Trinajstić information content (AvgIpc) is 2.54. The molecule has 0 bridgehead atoms. The number of rotatable bonds is 12. The number of hydrogen-bond donors (Lipinski definition) is 0. The lowest BCUT2D eigenvalue weighted by atomic mass is 9.62. The Bertz CT molecular complexity index is 437. The molecule has 0 saturated heterocycles. The van der Waals surface area contributed by atoms with Crippen molar-refractivity contribution in [1.82, 2.24) is 0 Å². The molecule has 3 unspecified atom stereocenters. The van der Waals surface area contributed by atoms with Crippen molar-refractivity contribution in [2.24, 2.45) is 17.3 Å². The van der Waals surface area contributed by atoms with Crippen LogP contribution in [0.15, 0.2) is 50.0 Å². The van der Waals surface area contributed by atoms with Crippen molar-refractivity contribution in [1.29, 1.82) is 0 Å². The van der Waals surface area contributed by atoms with Gasteiger partial charge in [-0.05, 0) is 67.9 Å². The van der Waals surface area contributed by atoms with Crippen LogP contribution in [0.1, 0.15) is 58.8 Å². The van der Waals surface area contributed by atoms with Crippen molar-refractivity contribution in [3.8, 4) is 0 Å². The van der Waals surface area contributed by atoms with Crippen molar-refractivity contribution < 1.29 is 9.47 Å². The maximum absolute atomic E-state index is 5.70. The molecule has 24 heavy (non-hydrogen) atoms. The van der Waals surface area contributed by atoms with E-state index < -0.39 is 0 Å². The molecule has 2 nitrogen and oxygen atoms in total. The van der Waals surface area contributed by atoms with E-state index in [1.807, 2.05) is 0 Å². The number of ether oxygens (including phenoxy) is 2. The molecule has 0 aliphatic heterocycles. The Labute approximate surface area is 149 Å². The molecule has 0 radical (unpaired) electrons. The molecule has 1 aliphatic carbocycles. The lowest BCUT2D eigenvalue weighted by molar-refractivity contribution is 0.0411. The summed E-state index contributed by atoms with van der Waals surface area (Å²) in [6, 6.07) is 0. The van der Waals surface area contributed by atoms with Crippen LogP contribution in [0.4, 0.5) is 0 Å². The maximum Gasteiger partial charge on any atom is 0.111 e. The highest BCUT2D eigenvalue weighted by Crippen LogP contribution is 2.48. The van der Waals surface area contributed by atoms with Gasteiger partial charge in [0.1, 0.15) is 11.5 Å². The molecule has 0 N–H and O–H groups in total. The fraction of sp³-hybridized carbons (Fsp3) is 0.636. The molecule has 1 saturated carbocycles. The Balaban J connectivity index is 2.61. The van der Waals surface area contributed by atoms with Crippen LogP contribution in [-0.4, -0.2) is 13.2 Å². The van der Waals surface area contributed by atoms with Gasteiger partial charge in [-0.3, -0.25) is 0 Å². The predicted molar refractivity (Wildman–Crippen MR) is 104 cm³/mol. The molecule has 0 aromatic rings. The summed E-state index contributed by atoms with van der Waals surface area (Å²) in [5.41, 5.74) is 0.397. The van der Waals surface area contributed by atoms with Gasteiger partial charge in [-0.2, -0.15) is 0 Å². The summed E-state index contributed by atoms with van der Waals surface area (Å²) in [7, 11) is 0. The zero-order valence-electron chi connectivity index (χ0n) is 15.8. The minimum Gasteiger partial charge on any atom is -0.494 e. The van der Waals surface area contributed by atoms with Gasteiger partial charge in [0.2, 0.25) is 0 Å². The average molecular weight is 333 g/mol. The molecule has 0 spiro atoms. The van der Waals surface area contributed by atoms with Crippen LogP contribution < -0.4 is 0 Å². The first kappa shape index (κ1) is 20.6. The van der Waals surface area contributed by atoms with E-state index in [9.17, 15) is 0 Å². The lowest BCUT2D eigenvalue weighted by Gasteiger charge is -2.44. The normalized spacial score (nSPS) is 26.4. The van der Waals surface area contributed by atoms with E-state index in [2.05, 4.69) is 40.2 Å². The molecule has 1 aliphatic rings. The molecule has 0 heterocycles. The molecule has 0 aromatic heterocycles. The zero-order chi connectivity index (χ0) is 18.0. The summed E-state index contributed by atoms with van der Waals surface area (Å²) < 4.78 is 11.3.